The summed E-state index contributed by atoms with van der Waals surface area (Å²) in [5.74, 6) is 2.01. The van der Waals surface area contributed by atoms with Crippen LogP contribution in [0.1, 0.15) is 142 Å². The number of methoxy groups -OCH3 is 1. The number of benzene rings is 2. The number of pyridine rings is 2. The number of anilines is 2. The van der Waals surface area contributed by atoms with Crippen LogP contribution < -0.4 is 36.0 Å². The highest BCUT2D eigenvalue weighted by Crippen LogP contribution is 2.36. The van der Waals surface area contributed by atoms with E-state index in [4.69, 9.17) is 19.4 Å². The van der Waals surface area contributed by atoms with Crippen LogP contribution in [0.15, 0.2) is 78.1 Å². The lowest BCUT2D eigenvalue weighted by atomic mass is 9.98. The average Bonchev–Trinajstić information content (AvgIpc) is 1.89. The summed E-state index contributed by atoms with van der Waals surface area (Å²) in [4.78, 5) is 68.5. The molecule has 0 radical (unpaired) electrons. The van der Waals surface area contributed by atoms with Gasteiger partial charge in [0.1, 0.15) is 17.2 Å². The molecule has 20 nitrogen and oxygen atoms in total. The smallest absolute Gasteiger partial charge is 0.410 e. The van der Waals surface area contributed by atoms with Gasteiger partial charge in [-0.1, -0.05) is 13.8 Å². The molecule has 0 spiro atoms. The van der Waals surface area contributed by atoms with Crippen molar-refractivity contribution in [2.75, 3.05) is 69.3 Å². The van der Waals surface area contributed by atoms with Crippen LogP contribution in [-0.4, -0.2) is 127 Å². The van der Waals surface area contributed by atoms with E-state index in [1.165, 1.54) is 0 Å². The maximum absolute atomic E-state index is 14.0. The maximum Gasteiger partial charge on any atom is 0.410 e. The van der Waals surface area contributed by atoms with E-state index >= 15 is 0 Å². The molecular formula is C66H88N14O6. The first-order valence-corrected chi connectivity index (χ1v) is 30.5. The number of aromatic nitrogens is 8. The number of nitrogens with one attached hydrogen (secondary N) is 4. The zero-order chi connectivity index (χ0) is 61.7. The molecule has 0 bridgehead atoms. The second-order valence-electron chi connectivity index (χ2n) is 23.8. The van der Waals surface area contributed by atoms with Crippen LogP contribution in [-0.2, 0) is 30.9 Å². The highest BCUT2D eigenvalue weighted by molar-refractivity contribution is 6.10. The summed E-state index contributed by atoms with van der Waals surface area (Å²) >= 11 is 0. The van der Waals surface area contributed by atoms with Gasteiger partial charge in [0.05, 0.1) is 31.3 Å². The Labute approximate surface area is 505 Å². The molecule has 8 heterocycles. The van der Waals surface area contributed by atoms with Gasteiger partial charge in [-0.15, -0.1) is 5.10 Å². The second kappa shape index (κ2) is 26.5. The highest BCUT2D eigenvalue weighted by Gasteiger charge is 2.28. The minimum atomic E-state index is -0.518. The fourth-order valence-corrected chi connectivity index (χ4v) is 11.7. The molecule has 20 heteroatoms. The zero-order valence-electron chi connectivity index (χ0n) is 52.9. The molecule has 2 fully saturated rings. The summed E-state index contributed by atoms with van der Waals surface area (Å²) in [7, 11) is 1.60. The first-order chi connectivity index (χ1) is 41.2. The van der Waals surface area contributed by atoms with E-state index in [0.717, 1.165) is 129 Å². The molecule has 2 saturated heterocycles. The largest absolute Gasteiger partial charge is 0.480 e. The van der Waals surface area contributed by atoms with Crippen molar-refractivity contribution in [1.29, 1.82) is 0 Å². The number of amides is 3. The molecule has 2 unspecified atom stereocenters. The van der Waals surface area contributed by atoms with Crippen molar-refractivity contribution in [2.24, 2.45) is 0 Å². The molecule has 86 heavy (non-hydrogen) atoms. The molecule has 8 aromatic rings. The van der Waals surface area contributed by atoms with Crippen molar-refractivity contribution in [1.82, 2.24) is 59.5 Å². The van der Waals surface area contributed by atoms with Gasteiger partial charge in [0.15, 0.2) is 0 Å². The van der Waals surface area contributed by atoms with E-state index < -0.39 is 5.60 Å². The molecule has 6 aromatic heterocycles. The first-order valence-electron chi connectivity index (χ1n) is 30.5. The topological polar surface area (TPSA) is 207 Å². The minimum absolute atomic E-state index is 0.153. The molecule has 2 aliphatic rings. The van der Waals surface area contributed by atoms with Gasteiger partial charge in [-0.3, -0.25) is 28.8 Å². The molecule has 10 rings (SSSR count). The fourth-order valence-electron chi connectivity index (χ4n) is 11.7. The number of aryl methyl sites for hydroxylation is 4. The normalized spacial score (nSPS) is 14.5. The van der Waals surface area contributed by atoms with Gasteiger partial charge in [-0.25, -0.2) is 14.8 Å². The number of hydrogen-bond acceptors (Lipinski definition) is 12. The Morgan fingerprint density at radius 1 is 0.651 bits per heavy atom. The lowest BCUT2D eigenvalue weighted by Gasteiger charge is -2.36. The number of nitrogens with zero attached hydrogens (tertiary/aromatic N) is 10. The Bertz CT molecular complexity index is 3770. The number of H-pyrrole nitrogens is 1. The summed E-state index contributed by atoms with van der Waals surface area (Å²) in [6.07, 6.45) is 9.73. The Balaban J connectivity index is 0.000000209. The van der Waals surface area contributed by atoms with Crippen LogP contribution in [0, 0.1) is 27.7 Å². The zero-order valence-corrected chi connectivity index (χ0v) is 52.9. The molecule has 2 aromatic carbocycles. The predicted octanol–water partition coefficient (Wildman–Crippen LogP) is 10.6. The van der Waals surface area contributed by atoms with Crippen LogP contribution in [0.4, 0.5) is 16.4 Å². The van der Waals surface area contributed by atoms with Crippen LogP contribution in [0.25, 0.3) is 44.1 Å². The molecule has 3 amide bonds. The van der Waals surface area contributed by atoms with E-state index in [1.54, 1.807) is 16.7 Å². The van der Waals surface area contributed by atoms with Gasteiger partial charge in [0.2, 0.25) is 5.88 Å². The number of ether oxygens (including phenoxy) is 2. The predicted molar refractivity (Wildman–Crippen MR) is 342 cm³/mol. The van der Waals surface area contributed by atoms with Crippen molar-refractivity contribution >= 4 is 51.3 Å². The van der Waals surface area contributed by atoms with Crippen molar-refractivity contribution in [3.63, 3.8) is 0 Å². The van der Waals surface area contributed by atoms with E-state index in [0.29, 0.717) is 61.8 Å². The van der Waals surface area contributed by atoms with Crippen LogP contribution >= 0.6 is 0 Å². The number of piperazine rings is 2. The summed E-state index contributed by atoms with van der Waals surface area (Å²) in [6.45, 7) is 34.5. The van der Waals surface area contributed by atoms with Gasteiger partial charge in [0.25, 0.3) is 17.4 Å². The SMILES string of the molecule is CCC(C)n1cc(C)c2c(C(=O)NCc3c(C)n(CC)[nH]c3=O)cc(-c3ccc(N4CCNCC4)nc3)cc21.CCC(C)n1cc(C)c2c(C(=O)NCc3c(OC)nn(CC)c3C)cc(-c3ccc(N4CCN(C(=O)OC(C)(C)C)CC4)nc3)cc21. The van der Waals surface area contributed by atoms with Gasteiger partial charge in [-0.2, -0.15) is 0 Å². The maximum atomic E-state index is 14.0. The molecule has 458 valence electrons. The van der Waals surface area contributed by atoms with Gasteiger partial charge >= 0.3 is 6.09 Å². The monoisotopic (exact) mass is 1170 g/mol. The number of carbonyl (C=O) groups is 3. The van der Waals surface area contributed by atoms with Crippen LogP contribution in [0.3, 0.4) is 0 Å². The molecule has 0 aliphatic carbocycles. The third kappa shape index (κ3) is 13.2. The van der Waals surface area contributed by atoms with Crippen molar-refractivity contribution in [3.05, 3.63) is 128 Å². The Morgan fingerprint density at radius 2 is 1.15 bits per heavy atom. The number of fused-ring (bicyclic) bond motifs is 2. The minimum Gasteiger partial charge on any atom is -0.480 e. The Hall–Kier alpha value is -8.39. The van der Waals surface area contributed by atoms with E-state index in [9.17, 15) is 19.2 Å². The van der Waals surface area contributed by atoms with Crippen LogP contribution in [0.5, 0.6) is 5.88 Å². The van der Waals surface area contributed by atoms with Crippen LogP contribution in [0.2, 0.25) is 0 Å². The van der Waals surface area contributed by atoms with Gasteiger partial charge in [0, 0.05) is 158 Å². The van der Waals surface area contributed by atoms with Gasteiger partial charge < -0.3 is 49.3 Å². The molecule has 0 saturated carbocycles. The fraction of sp³-hybridized carbons (Fsp3) is 0.470. The molecule has 2 atom stereocenters. The molecule has 2 aliphatic heterocycles. The van der Waals surface area contributed by atoms with Crippen molar-refractivity contribution in [2.45, 2.75) is 147 Å². The quantitative estimate of drug-likeness (QED) is 0.0672. The first kappa shape index (κ1) is 62.1. The second-order valence-corrected chi connectivity index (χ2v) is 23.8. The van der Waals surface area contributed by atoms with E-state index in [2.05, 4.69) is 129 Å². The molecule has 4 N–H and O–H groups in total. The number of hydrogen-bond donors (Lipinski definition) is 4. The lowest BCUT2D eigenvalue weighted by molar-refractivity contribution is 0.0240. The summed E-state index contributed by atoms with van der Waals surface area (Å²) in [5, 5.41) is 18.8. The third-order valence-corrected chi connectivity index (χ3v) is 17.0. The van der Waals surface area contributed by atoms with E-state index in [1.807, 2.05) is 83.7 Å². The molecular weight excluding hydrogens is 1080 g/mol. The number of aromatic amines is 1. The summed E-state index contributed by atoms with van der Waals surface area (Å²) in [5.41, 5.74) is 11.7. The number of rotatable bonds is 17. The van der Waals surface area contributed by atoms with E-state index in [-0.39, 0.29) is 42.1 Å². The highest BCUT2D eigenvalue weighted by atomic mass is 16.6. The third-order valence-electron chi connectivity index (χ3n) is 17.0. The summed E-state index contributed by atoms with van der Waals surface area (Å²) in [6, 6.07) is 17.1. The number of carbonyl (C=O) groups excluding carboxylic acids is 3. The van der Waals surface area contributed by atoms with Crippen molar-refractivity contribution < 1.29 is 23.9 Å². The van der Waals surface area contributed by atoms with Gasteiger partial charge in [-0.05, 0) is 160 Å². The average molecular weight is 1170 g/mol. The van der Waals surface area contributed by atoms with Crippen molar-refractivity contribution in [3.8, 4) is 28.1 Å². The standard InChI is InChI=1S/C36H49N7O4.C30H39N7O2/c1-10-24(4)42-22-23(3)32-28(33(44)38-21-29-25(5)43(11-2)39-34(29)46-9)18-27(19-30(32)42)26-12-13-31(37-20-26)40-14-16-41(17-15-40)35(45)47-36(6,7)8;1-6-20(4)36-18-19(3)28-24(29(38)33-17-25-21(5)37(7-2)34-30(25)39)14-23(15-26(28)36)22-8-9-27(32-16-22)35-12-10-31-11-13-35/h12-13,18-20,22,24H,10-11,14-17,21H2,1-9H3,(H,38,44);8-9,14-16,18,20,31H,6-7,10-13,17H2,1-5H3,(H,33,38)(H,34,39). The summed E-state index contributed by atoms with van der Waals surface area (Å²) < 4.78 is 19.3. The Morgan fingerprint density at radius 3 is 1.58 bits per heavy atom. The lowest BCUT2D eigenvalue weighted by Crippen LogP contribution is -2.50. The Kier molecular flexibility index (Phi) is 19.1.